The number of rotatable bonds is 7. The molecule has 36 heavy (non-hydrogen) atoms. The summed E-state index contributed by atoms with van der Waals surface area (Å²) in [5.74, 6) is 0.119. The number of carbonyl (C=O) groups excluding carboxylic acids is 1. The Kier molecular flexibility index (Phi) is 7.40. The summed E-state index contributed by atoms with van der Waals surface area (Å²) < 4.78 is 24.0. The van der Waals surface area contributed by atoms with Crippen molar-refractivity contribution in [1.29, 1.82) is 0 Å². The van der Waals surface area contributed by atoms with Gasteiger partial charge in [0.1, 0.15) is 11.3 Å². The van der Waals surface area contributed by atoms with E-state index in [4.69, 9.17) is 24.7 Å². The summed E-state index contributed by atoms with van der Waals surface area (Å²) >= 11 is 3.43. The molecule has 0 bridgehead atoms. The first-order chi connectivity index (χ1) is 17.3. The van der Waals surface area contributed by atoms with Gasteiger partial charge in [0.05, 0.1) is 32.8 Å². The van der Waals surface area contributed by atoms with E-state index in [0.717, 1.165) is 15.6 Å². The third-order valence-corrected chi connectivity index (χ3v) is 6.78. The Morgan fingerprint density at radius 2 is 1.75 bits per heavy atom. The number of esters is 1. The Morgan fingerprint density at radius 1 is 1.06 bits per heavy atom. The molecule has 0 radical (unpaired) electrons. The maximum Gasteiger partial charge on any atom is 0.340 e. The van der Waals surface area contributed by atoms with Gasteiger partial charge in [-0.25, -0.2) is 4.79 Å². The fourth-order valence-electron chi connectivity index (χ4n) is 4.44. The molecule has 1 aliphatic rings. The van der Waals surface area contributed by atoms with E-state index in [0.29, 0.717) is 41.5 Å². The Hall–Kier alpha value is -3.72. The Balaban J connectivity index is 1.79. The number of ether oxygens (including phenoxy) is 4. The number of hydrogen-bond donors (Lipinski definition) is 1. The van der Waals surface area contributed by atoms with Crippen molar-refractivity contribution in [3.63, 3.8) is 0 Å². The number of halogens is 1. The number of aromatic nitrogens is 1. The summed E-state index contributed by atoms with van der Waals surface area (Å²) in [7, 11) is 4.44. The summed E-state index contributed by atoms with van der Waals surface area (Å²) in [6.45, 7) is 2.25. The summed E-state index contributed by atoms with van der Waals surface area (Å²) in [4.78, 5) is 26.7. The predicted octanol–water partition coefficient (Wildman–Crippen LogP) is 4.05. The topological polar surface area (TPSA) is 102 Å². The zero-order valence-electron chi connectivity index (χ0n) is 20.5. The van der Waals surface area contributed by atoms with Crippen molar-refractivity contribution < 1.29 is 23.7 Å². The highest BCUT2D eigenvalue weighted by molar-refractivity contribution is 9.10. The van der Waals surface area contributed by atoms with Crippen LogP contribution >= 0.6 is 15.9 Å². The molecule has 1 aliphatic heterocycles. The van der Waals surface area contributed by atoms with Gasteiger partial charge >= 0.3 is 5.97 Å². The molecule has 0 saturated carbocycles. The standard InChI is InChI=1S/C27H27BrN2O6/c1-15-13-21-23(26(31)30(15)12-11-16-5-10-19(33-2)20(14-16)34-3)22(17-6-8-18(28)9-7-17)24(25(29)36-21)27(32)35-4/h5-10,13-14,22H,11-12,29H2,1-4H3/t22-/m0/s1. The van der Waals surface area contributed by atoms with Gasteiger partial charge in [0.2, 0.25) is 5.88 Å². The maximum atomic E-state index is 13.9. The quantitative estimate of drug-likeness (QED) is 0.439. The molecule has 0 amide bonds. The molecule has 9 heteroatoms. The van der Waals surface area contributed by atoms with Gasteiger partial charge < -0.3 is 29.2 Å². The molecule has 2 aromatic carbocycles. The summed E-state index contributed by atoms with van der Waals surface area (Å²) in [5, 5.41) is 0. The number of carbonyl (C=O) groups is 1. The van der Waals surface area contributed by atoms with E-state index in [1.165, 1.54) is 7.11 Å². The smallest absolute Gasteiger partial charge is 0.340 e. The Bertz CT molecular complexity index is 1390. The number of fused-ring (bicyclic) bond motifs is 1. The first kappa shape index (κ1) is 25.4. The third kappa shape index (κ3) is 4.70. The van der Waals surface area contributed by atoms with Crippen molar-refractivity contribution in [2.24, 2.45) is 5.73 Å². The van der Waals surface area contributed by atoms with Gasteiger partial charge in [-0.2, -0.15) is 0 Å². The van der Waals surface area contributed by atoms with Gasteiger partial charge in [-0.1, -0.05) is 34.1 Å². The summed E-state index contributed by atoms with van der Waals surface area (Å²) in [6, 6.07) is 14.8. The maximum absolute atomic E-state index is 13.9. The molecule has 1 atom stereocenters. The fraction of sp³-hybridized carbons (Fsp3) is 0.259. The molecule has 0 unspecified atom stereocenters. The van der Waals surface area contributed by atoms with E-state index in [1.54, 1.807) is 24.9 Å². The lowest BCUT2D eigenvalue weighted by Crippen LogP contribution is -2.35. The second kappa shape index (κ2) is 10.5. The van der Waals surface area contributed by atoms with Crippen LogP contribution in [0.5, 0.6) is 17.2 Å². The first-order valence-corrected chi connectivity index (χ1v) is 12.0. The van der Waals surface area contributed by atoms with Crippen molar-refractivity contribution in [2.75, 3.05) is 21.3 Å². The molecule has 0 fully saturated rings. The highest BCUT2D eigenvalue weighted by atomic mass is 79.9. The molecule has 2 N–H and O–H groups in total. The number of pyridine rings is 1. The molecule has 1 aromatic heterocycles. The molecule has 0 spiro atoms. The summed E-state index contributed by atoms with van der Waals surface area (Å²) in [5.41, 5.74) is 8.76. The van der Waals surface area contributed by atoms with Crippen LogP contribution in [-0.2, 0) is 22.5 Å². The summed E-state index contributed by atoms with van der Waals surface area (Å²) in [6.07, 6.45) is 0.575. The molecular formula is C27H27BrN2O6. The lowest BCUT2D eigenvalue weighted by atomic mass is 9.83. The van der Waals surface area contributed by atoms with E-state index >= 15 is 0 Å². The predicted molar refractivity (Wildman–Crippen MR) is 139 cm³/mol. The lowest BCUT2D eigenvalue weighted by Gasteiger charge is -2.29. The number of benzene rings is 2. The third-order valence-electron chi connectivity index (χ3n) is 6.25. The van der Waals surface area contributed by atoms with Crippen LogP contribution in [0.1, 0.15) is 28.3 Å². The average Bonchev–Trinajstić information content (AvgIpc) is 2.87. The van der Waals surface area contributed by atoms with Crippen LogP contribution in [0.4, 0.5) is 0 Å². The zero-order valence-corrected chi connectivity index (χ0v) is 22.0. The molecule has 2 heterocycles. The van der Waals surface area contributed by atoms with Crippen molar-refractivity contribution in [3.05, 3.63) is 97.2 Å². The van der Waals surface area contributed by atoms with E-state index in [1.807, 2.05) is 49.4 Å². The average molecular weight is 555 g/mol. The number of nitrogens with zero attached hydrogens (tertiary/aromatic N) is 1. The van der Waals surface area contributed by atoms with Gasteiger partial charge in [-0.05, 0) is 48.7 Å². The Morgan fingerprint density at radius 3 is 2.39 bits per heavy atom. The number of nitrogens with two attached hydrogens (primary N) is 1. The van der Waals surface area contributed by atoms with E-state index < -0.39 is 11.9 Å². The molecule has 188 valence electrons. The SMILES string of the molecule is COC(=O)C1=C(N)Oc2cc(C)n(CCc3ccc(OC)c(OC)c3)c(=O)c2[C@@H]1c1ccc(Br)cc1. The second-order valence-electron chi connectivity index (χ2n) is 8.32. The van der Waals surface area contributed by atoms with Crippen molar-refractivity contribution in [2.45, 2.75) is 25.8 Å². The van der Waals surface area contributed by atoms with E-state index in [2.05, 4.69) is 15.9 Å². The van der Waals surface area contributed by atoms with Gasteiger partial charge in [0.15, 0.2) is 11.5 Å². The highest BCUT2D eigenvalue weighted by Gasteiger charge is 2.38. The van der Waals surface area contributed by atoms with Crippen LogP contribution in [0, 0.1) is 6.92 Å². The minimum Gasteiger partial charge on any atom is -0.493 e. The van der Waals surface area contributed by atoms with E-state index in [-0.39, 0.29) is 17.0 Å². The highest BCUT2D eigenvalue weighted by Crippen LogP contribution is 2.41. The second-order valence-corrected chi connectivity index (χ2v) is 9.23. The van der Waals surface area contributed by atoms with Gasteiger partial charge in [-0.3, -0.25) is 4.79 Å². The molecule has 0 aliphatic carbocycles. The molecule has 0 saturated heterocycles. The zero-order chi connectivity index (χ0) is 26.0. The van der Waals surface area contributed by atoms with E-state index in [9.17, 15) is 9.59 Å². The van der Waals surface area contributed by atoms with Crippen LogP contribution < -0.4 is 25.5 Å². The monoisotopic (exact) mass is 554 g/mol. The minimum atomic E-state index is -0.741. The van der Waals surface area contributed by atoms with Gasteiger partial charge in [0, 0.05) is 22.8 Å². The number of methoxy groups -OCH3 is 3. The van der Waals surface area contributed by atoms with Crippen LogP contribution in [0.15, 0.2) is 69.3 Å². The van der Waals surface area contributed by atoms with Crippen LogP contribution in [-0.4, -0.2) is 31.9 Å². The molecule has 8 nitrogen and oxygen atoms in total. The normalized spacial score (nSPS) is 14.6. The van der Waals surface area contributed by atoms with Crippen LogP contribution in [0.3, 0.4) is 0 Å². The van der Waals surface area contributed by atoms with Crippen molar-refractivity contribution in [3.8, 4) is 17.2 Å². The number of hydrogen-bond acceptors (Lipinski definition) is 7. The van der Waals surface area contributed by atoms with Crippen LogP contribution in [0.25, 0.3) is 0 Å². The number of aryl methyl sites for hydroxylation is 2. The fourth-order valence-corrected chi connectivity index (χ4v) is 4.70. The van der Waals surface area contributed by atoms with Crippen molar-refractivity contribution >= 4 is 21.9 Å². The van der Waals surface area contributed by atoms with Crippen LogP contribution in [0.2, 0.25) is 0 Å². The molecule has 4 rings (SSSR count). The van der Waals surface area contributed by atoms with Gasteiger partial charge in [0.25, 0.3) is 5.56 Å². The Labute approximate surface area is 217 Å². The molecule has 3 aromatic rings. The van der Waals surface area contributed by atoms with Crippen molar-refractivity contribution in [1.82, 2.24) is 4.57 Å². The lowest BCUT2D eigenvalue weighted by molar-refractivity contribution is -0.136. The molecular weight excluding hydrogens is 528 g/mol. The minimum absolute atomic E-state index is 0.0795. The largest absolute Gasteiger partial charge is 0.493 e. The first-order valence-electron chi connectivity index (χ1n) is 11.3. The van der Waals surface area contributed by atoms with Gasteiger partial charge in [-0.15, -0.1) is 0 Å².